The molecule has 2 aromatic heterocycles. The third-order valence-corrected chi connectivity index (χ3v) is 4.28. The molecular formula is C17H19N5OS. The maximum atomic E-state index is 5.51. The maximum Gasteiger partial charge on any atom is 0.236 e. The zero-order valence-electron chi connectivity index (χ0n) is 14.1. The van der Waals surface area contributed by atoms with Crippen molar-refractivity contribution >= 4 is 18.2 Å². The van der Waals surface area contributed by atoms with Gasteiger partial charge in [-0.3, -0.25) is 9.40 Å². The molecule has 0 aliphatic carbocycles. The lowest BCUT2D eigenvalue weighted by molar-refractivity contribution is 0.647. The Morgan fingerprint density at radius 1 is 1.12 bits per heavy atom. The van der Waals surface area contributed by atoms with E-state index in [9.17, 15) is 0 Å². The van der Waals surface area contributed by atoms with Gasteiger partial charge in [-0.15, -0.1) is 0 Å². The van der Waals surface area contributed by atoms with Crippen molar-refractivity contribution < 1.29 is 4.18 Å². The van der Waals surface area contributed by atoms with E-state index in [4.69, 9.17) is 4.18 Å². The minimum Gasteiger partial charge on any atom is -0.402 e. The van der Waals surface area contributed by atoms with E-state index in [2.05, 4.69) is 38.8 Å². The monoisotopic (exact) mass is 341 g/mol. The van der Waals surface area contributed by atoms with Gasteiger partial charge in [0.15, 0.2) is 18.0 Å². The largest absolute Gasteiger partial charge is 0.402 e. The number of rotatable bonds is 5. The van der Waals surface area contributed by atoms with E-state index in [1.165, 1.54) is 5.56 Å². The lowest BCUT2D eigenvalue weighted by Crippen LogP contribution is -2.03. The molecule has 3 aromatic rings. The van der Waals surface area contributed by atoms with Crippen LogP contribution in [0.15, 0.2) is 36.7 Å². The van der Waals surface area contributed by atoms with Crippen molar-refractivity contribution in [2.45, 2.75) is 20.8 Å². The number of benzene rings is 1. The molecule has 24 heavy (non-hydrogen) atoms. The van der Waals surface area contributed by atoms with Gasteiger partial charge in [-0.2, -0.15) is 5.10 Å². The number of hydrogen-bond acceptors (Lipinski definition) is 6. The van der Waals surface area contributed by atoms with E-state index in [0.29, 0.717) is 11.7 Å². The summed E-state index contributed by atoms with van der Waals surface area (Å²) in [4.78, 5) is 9.14. The second-order valence-electron chi connectivity index (χ2n) is 5.54. The smallest absolute Gasteiger partial charge is 0.236 e. The molecule has 7 heteroatoms. The highest BCUT2D eigenvalue weighted by atomic mass is 32.2. The zero-order chi connectivity index (χ0) is 17.1. The average Bonchev–Trinajstić information content (AvgIpc) is 2.97. The SMILES string of the molecule is Cc1ccccc1-c1nc(NSOc2cnn(C)c2)nc(C)c1C. The molecule has 0 amide bonds. The van der Waals surface area contributed by atoms with Gasteiger partial charge in [0.25, 0.3) is 0 Å². The van der Waals surface area contributed by atoms with Gasteiger partial charge in [-0.1, -0.05) is 24.3 Å². The lowest BCUT2D eigenvalue weighted by atomic mass is 10.0. The Labute approximate surface area is 145 Å². The van der Waals surface area contributed by atoms with Gasteiger partial charge in [0.05, 0.1) is 18.1 Å². The highest BCUT2D eigenvalue weighted by molar-refractivity contribution is 7.96. The van der Waals surface area contributed by atoms with Crippen LogP contribution >= 0.6 is 12.2 Å². The molecule has 2 heterocycles. The first kappa shape index (κ1) is 16.3. The molecular weight excluding hydrogens is 322 g/mol. The first-order valence-corrected chi connectivity index (χ1v) is 8.28. The van der Waals surface area contributed by atoms with E-state index in [1.54, 1.807) is 17.1 Å². The topological polar surface area (TPSA) is 64.9 Å². The van der Waals surface area contributed by atoms with Gasteiger partial charge in [-0.05, 0) is 31.9 Å². The Bertz CT molecular complexity index is 862. The Balaban J connectivity index is 1.81. The molecule has 0 atom stereocenters. The molecule has 0 spiro atoms. The van der Waals surface area contributed by atoms with Gasteiger partial charge in [-0.25, -0.2) is 9.97 Å². The Morgan fingerprint density at radius 3 is 2.62 bits per heavy atom. The van der Waals surface area contributed by atoms with Crippen LogP contribution in [0.4, 0.5) is 5.95 Å². The van der Waals surface area contributed by atoms with Crippen LogP contribution in [-0.2, 0) is 7.05 Å². The summed E-state index contributed by atoms with van der Waals surface area (Å²) in [6.07, 6.45) is 3.43. The van der Waals surface area contributed by atoms with E-state index >= 15 is 0 Å². The molecule has 0 bridgehead atoms. The molecule has 1 N–H and O–H groups in total. The number of nitrogens with one attached hydrogen (secondary N) is 1. The normalized spacial score (nSPS) is 10.7. The molecule has 124 valence electrons. The molecule has 0 fully saturated rings. The average molecular weight is 341 g/mol. The first-order valence-electron chi connectivity index (χ1n) is 7.54. The zero-order valence-corrected chi connectivity index (χ0v) is 14.9. The van der Waals surface area contributed by atoms with Gasteiger partial charge in [0.1, 0.15) is 0 Å². The van der Waals surface area contributed by atoms with Crippen LogP contribution in [0.1, 0.15) is 16.8 Å². The summed E-state index contributed by atoms with van der Waals surface area (Å²) in [6.45, 7) is 6.11. The van der Waals surface area contributed by atoms with Crippen LogP contribution in [0, 0.1) is 20.8 Å². The predicted octanol–water partition coefficient (Wildman–Crippen LogP) is 3.86. The Hall–Kier alpha value is -2.54. The van der Waals surface area contributed by atoms with Crippen LogP contribution in [-0.4, -0.2) is 19.7 Å². The van der Waals surface area contributed by atoms with E-state index in [0.717, 1.165) is 34.7 Å². The number of nitrogens with zero attached hydrogens (tertiary/aromatic N) is 4. The fraction of sp³-hybridized carbons (Fsp3) is 0.235. The molecule has 1 aromatic carbocycles. The number of anilines is 1. The fourth-order valence-electron chi connectivity index (χ4n) is 2.32. The van der Waals surface area contributed by atoms with Crippen LogP contribution in [0.25, 0.3) is 11.3 Å². The van der Waals surface area contributed by atoms with Gasteiger partial charge in [0, 0.05) is 18.3 Å². The predicted molar refractivity (Wildman–Crippen MR) is 96.7 cm³/mol. The standard InChI is InChI=1S/C17H19N5OS/c1-11-7-5-6-8-15(11)16-12(2)13(3)19-17(20-16)21-24-23-14-9-18-22(4)10-14/h5-10H,1-4H3,(H,19,20,21). The van der Waals surface area contributed by atoms with Crippen molar-refractivity contribution in [3.05, 3.63) is 53.5 Å². The molecule has 0 radical (unpaired) electrons. The number of aromatic nitrogens is 4. The first-order chi connectivity index (χ1) is 11.5. The quantitative estimate of drug-likeness (QED) is 0.561. The highest BCUT2D eigenvalue weighted by Gasteiger charge is 2.12. The molecule has 3 rings (SSSR count). The highest BCUT2D eigenvalue weighted by Crippen LogP contribution is 2.27. The summed E-state index contributed by atoms with van der Waals surface area (Å²) in [5.41, 5.74) is 5.25. The van der Waals surface area contributed by atoms with Crippen LogP contribution < -0.4 is 8.91 Å². The summed E-state index contributed by atoms with van der Waals surface area (Å²) in [6, 6.07) is 8.21. The van der Waals surface area contributed by atoms with E-state index in [-0.39, 0.29) is 0 Å². The minimum absolute atomic E-state index is 0.519. The molecule has 0 unspecified atom stereocenters. The summed E-state index contributed by atoms with van der Waals surface area (Å²) >= 11 is 1.07. The summed E-state index contributed by atoms with van der Waals surface area (Å²) < 4.78 is 10.2. The van der Waals surface area contributed by atoms with Gasteiger partial charge < -0.3 is 4.18 Å². The molecule has 6 nitrogen and oxygen atoms in total. The van der Waals surface area contributed by atoms with Crippen molar-refractivity contribution in [3.63, 3.8) is 0 Å². The van der Waals surface area contributed by atoms with Crippen molar-refractivity contribution in [1.29, 1.82) is 0 Å². The van der Waals surface area contributed by atoms with Crippen molar-refractivity contribution in [1.82, 2.24) is 19.7 Å². The third-order valence-electron chi connectivity index (χ3n) is 3.74. The third kappa shape index (κ3) is 3.51. The lowest BCUT2D eigenvalue weighted by Gasteiger charge is -2.12. The second-order valence-corrected chi connectivity index (χ2v) is 6.08. The summed E-state index contributed by atoms with van der Waals surface area (Å²) in [7, 11) is 1.84. The maximum absolute atomic E-state index is 5.51. The van der Waals surface area contributed by atoms with Crippen molar-refractivity contribution in [3.8, 4) is 17.0 Å². The van der Waals surface area contributed by atoms with Gasteiger partial charge in [0.2, 0.25) is 5.95 Å². The Kier molecular flexibility index (Phi) is 4.71. The van der Waals surface area contributed by atoms with Crippen LogP contribution in [0.5, 0.6) is 5.75 Å². The minimum atomic E-state index is 0.519. The summed E-state index contributed by atoms with van der Waals surface area (Å²) in [5.74, 6) is 1.18. The summed E-state index contributed by atoms with van der Waals surface area (Å²) in [5, 5.41) is 4.05. The molecule has 0 aliphatic rings. The molecule has 0 aliphatic heterocycles. The molecule has 0 saturated heterocycles. The molecule has 0 saturated carbocycles. The van der Waals surface area contributed by atoms with Crippen molar-refractivity contribution in [2.24, 2.45) is 7.05 Å². The second kappa shape index (κ2) is 6.92. The fourth-order valence-corrected chi connectivity index (χ4v) is 2.71. The van der Waals surface area contributed by atoms with E-state index in [1.807, 2.05) is 33.0 Å². The van der Waals surface area contributed by atoms with Crippen LogP contribution in [0.3, 0.4) is 0 Å². The Morgan fingerprint density at radius 2 is 1.92 bits per heavy atom. The van der Waals surface area contributed by atoms with E-state index < -0.39 is 0 Å². The number of hydrogen-bond donors (Lipinski definition) is 1. The number of aryl methyl sites for hydroxylation is 3. The van der Waals surface area contributed by atoms with Gasteiger partial charge >= 0.3 is 0 Å². The van der Waals surface area contributed by atoms with Crippen LogP contribution in [0.2, 0.25) is 0 Å². The van der Waals surface area contributed by atoms with Crippen molar-refractivity contribution in [2.75, 3.05) is 4.72 Å².